The van der Waals surface area contributed by atoms with Crippen molar-refractivity contribution in [1.29, 1.82) is 0 Å². The zero-order valence-electron chi connectivity index (χ0n) is 9.93. The molecule has 3 atom stereocenters. The van der Waals surface area contributed by atoms with Crippen molar-refractivity contribution in [3.05, 3.63) is 23.8 Å². The Bertz CT molecular complexity index is 373. The summed E-state index contributed by atoms with van der Waals surface area (Å²) >= 11 is 0. The largest absolute Gasteiger partial charge is 0.497 e. The maximum Gasteiger partial charge on any atom is 0.122 e. The van der Waals surface area contributed by atoms with Gasteiger partial charge in [-0.05, 0) is 43.4 Å². The van der Waals surface area contributed by atoms with E-state index < -0.39 is 0 Å². The van der Waals surface area contributed by atoms with Crippen LogP contribution in [0, 0.1) is 5.92 Å². The molecule has 0 aliphatic heterocycles. The molecule has 0 saturated heterocycles. The highest BCUT2D eigenvalue weighted by atomic mass is 16.5. The van der Waals surface area contributed by atoms with Gasteiger partial charge in [-0.25, -0.2) is 0 Å². The molecule has 1 N–H and O–H groups in total. The highest BCUT2D eigenvalue weighted by Gasteiger charge is 2.43. The quantitative estimate of drug-likeness (QED) is 0.848. The Hall–Kier alpha value is -1.22. The lowest BCUT2D eigenvalue weighted by molar-refractivity contribution is 0.168. The number of benzene rings is 1. The lowest BCUT2D eigenvalue weighted by Crippen LogP contribution is -2.04. The minimum Gasteiger partial charge on any atom is -0.497 e. The van der Waals surface area contributed by atoms with Crippen molar-refractivity contribution in [2.24, 2.45) is 5.92 Å². The van der Waals surface area contributed by atoms with Gasteiger partial charge in [0.15, 0.2) is 0 Å². The molecule has 1 fully saturated rings. The number of aliphatic hydroxyl groups excluding tert-OH is 1. The van der Waals surface area contributed by atoms with Crippen molar-refractivity contribution in [2.45, 2.75) is 25.4 Å². The predicted molar refractivity (Wildman–Crippen MR) is 62.1 cm³/mol. The molecule has 3 heteroatoms. The third-order valence-corrected chi connectivity index (χ3v) is 3.30. The van der Waals surface area contributed by atoms with Crippen LogP contribution in [0.5, 0.6) is 11.5 Å². The van der Waals surface area contributed by atoms with Gasteiger partial charge in [0.1, 0.15) is 11.5 Å². The molecule has 1 aliphatic carbocycles. The van der Waals surface area contributed by atoms with E-state index in [1.807, 2.05) is 25.1 Å². The Morgan fingerprint density at radius 2 is 2.06 bits per heavy atom. The minimum absolute atomic E-state index is 0.249. The number of hydrogen-bond donors (Lipinski definition) is 1. The highest BCUT2D eigenvalue weighted by molar-refractivity contribution is 5.45. The first-order valence-electron chi connectivity index (χ1n) is 5.57. The molecule has 0 amide bonds. The van der Waals surface area contributed by atoms with Crippen LogP contribution in [-0.2, 0) is 0 Å². The standard InChI is InChI=1S/C13H18O3/c1-8(14)10-7-11(10)12-6-9(15-2)4-5-13(12)16-3/h4-6,8,10-11,14H,7H2,1-3H3/t8-,10-,11-/m0/s1. The molecule has 0 bridgehead atoms. The molecule has 1 aromatic rings. The molecule has 1 aromatic carbocycles. The third kappa shape index (κ3) is 2.00. The predicted octanol–water partition coefficient (Wildman–Crippen LogP) is 2.19. The number of hydrogen-bond acceptors (Lipinski definition) is 3. The Kier molecular flexibility index (Phi) is 3.06. The van der Waals surface area contributed by atoms with Crippen LogP contribution in [0.25, 0.3) is 0 Å². The topological polar surface area (TPSA) is 38.7 Å². The highest BCUT2D eigenvalue weighted by Crippen LogP contribution is 2.52. The SMILES string of the molecule is COc1ccc(OC)c([C@H]2C[C@H]2[C@H](C)O)c1. The summed E-state index contributed by atoms with van der Waals surface area (Å²) in [5, 5.41) is 9.54. The van der Waals surface area contributed by atoms with E-state index in [1.165, 1.54) is 0 Å². The summed E-state index contributed by atoms with van der Waals surface area (Å²) in [4.78, 5) is 0. The van der Waals surface area contributed by atoms with Crippen LogP contribution < -0.4 is 9.47 Å². The normalized spacial score (nSPS) is 25.0. The van der Waals surface area contributed by atoms with Crippen LogP contribution in [-0.4, -0.2) is 25.4 Å². The van der Waals surface area contributed by atoms with Crippen molar-refractivity contribution in [3.63, 3.8) is 0 Å². The Labute approximate surface area is 96.0 Å². The van der Waals surface area contributed by atoms with Gasteiger partial charge in [0.05, 0.1) is 20.3 Å². The van der Waals surface area contributed by atoms with Crippen LogP contribution in [0.15, 0.2) is 18.2 Å². The van der Waals surface area contributed by atoms with E-state index >= 15 is 0 Å². The molecular formula is C13H18O3. The molecule has 2 rings (SSSR count). The number of methoxy groups -OCH3 is 2. The summed E-state index contributed by atoms with van der Waals surface area (Å²) in [6.07, 6.45) is 0.780. The van der Waals surface area contributed by atoms with Gasteiger partial charge in [-0.15, -0.1) is 0 Å². The summed E-state index contributed by atoms with van der Waals surface area (Å²) in [6.45, 7) is 1.84. The van der Waals surface area contributed by atoms with E-state index in [0.29, 0.717) is 11.8 Å². The number of aliphatic hydroxyl groups is 1. The maximum absolute atomic E-state index is 9.54. The monoisotopic (exact) mass is 222 g/mol. The van der Waals surface area contributed by atoms with Gasteiger partial charge in [-0.3, -0.25) is 0 Å². The van der Waals surface area contributed by atoms with Crippen molar-refractivity contribution in [1.82, 2.24) is 0 Å². The van der Waals surface area contributed by atoms with Crippen molar-refractivity contribution < 1.29 is 14.6 Å². The molecule has 0 unspecified atom stereocenters. The van der Waals surface area contributed by atoms with Crippen molar-refractivity contribution >= 4 is 0 Å². The summed E-state index contributed by atoms with van der Waals surface area (Å²) in [5.74, 6) is 2.49. The van der Waals surface area contributed by atoms with Gasteiger partial charge in [0.2, 0.25) is 0 Å². The third-order valence-electron chi connectivity index (χ3n) is 3.30. The van der Waals surface area contributed by atoms with E-state index in [9.17, 15) is 5.11 Å². The Balaban J connectivity index is 2.25. The summed E-state index contributed by atoms with van der Waals surface area (Å²) in [7, 11) is 3.33. The molecule has 0 spiro atoms. The fourth-order valence-corrected chi connectivity index (χ4v) is 2.23. The van der Waals surface area contributed by atoms with Gasteiger partial charge in [0, 0.05) is 5.56 Å². The van der Waals surface area contributed by atoms with E-state index in [-0.39, 0.29) is 6.10 Å². The molecular weight excluding hydrogens is 204 g/mol. The first-order valence-corrected chi connectivity index (χ1v) is 5.57. The molecule has 0 aromatic heterocycles. The molecule has 1 saturated carbocycles. The lowest BCUT2D eigenvalue weighted by Gasteiger charge is -2.11. The zero-order chi connectivity index (χ0) is 11.7. The second kappa shape index (κ2) is 4.34. The van der Waals surface area contributed by atoms with Crippen molar-refractivity contribution in [2.75, 3.05) is 14.2 Å². The maximum atomic E-state index is 9.54. The first-order chi connectivity index (χ1) is 7.67. The van der Waals surface area contributed by atoms with Gasteiger partial charge in [-0.2, -0.15) is 0 Å². The first kappa shape index (κ1) is 11.3. The van der Waals surface area contributed by atoms with E-state index in [1.54, 1.807) is 14.2 Å². The summed E-state index contributed by atoms with van der Waals surface area (Å²) < 4.78 is 10.5. The van der Waals surface area contributed by atoms with Gasteiger partial charge >= 0.3 is 0 Å². The molecule has 0 radical (unpaired) electrons. The van der Waals surface area contributed by atoms with E-state index in [2.05, 4.69) is 0 Å². The van der Waals surface area contributed by atoms with Crippen LogP contribution in [0.3, 0.4) is 0 Å². The average molecular weight is 222 g/mol. The Morgan fingerprint density at radius 1 is 1.31 bits per heavy atom. The average Bonchev–Trinajstić information content (AvgIpc) is 3.08. The van der Waals surface area contributed by atoms with E-state index in [0.717, 1.165) is 23.5 Å². The lowest BCUT2D eigenvalue weighted by atomic mass is 10.1. The molecule has 16 heavy (non-hydrogen) atoms. The van der Waals surface area contributed by atoms with Crippen LogP contribution >= 0.6 is 0 Å². The zero-order valence-corrected chi connectivity index (χ0v) is 9.93. The molecule has 88 valence electrons. The van der Waals surface area contributed by atoms with Gasteiger partial charge in [0.25, 0.3) is 0 Å². The molecule has 3 nitrogen and oxygen atoms in total. The molecule has 0 heterocycles. The second-order valence-electron chi connectivity index (χ2n) is 4.35. The van der Waals surface area contributed by atoms with Crippen LogP contribution in [0.4, 0.5) is 0 Å². The van der Waals surface area contributed by atoms with Crippen LogP contribution in [0.1, 0.15) is 24.8 Å². The second-order valence-corrected chi connectivity index (χ2v) is 4.35. The van der Waals surface area contributed by atoms with Gasteiger partial charge < -0.3 is 14.6 Å². The van der Waals surface area contributed by atoms with Crippen LogP contribution in [0.2, 0.25) is 0 Å². The Morgan fingerprint density at radius 3 is 2.56 bits per heavy atom. The fraction of sp³-hybridized carbons (Fsp3) is 0.538. The minimum atomic E-state index is -0.249. The number of rotatable bonds is 4. The number of ether oxygens (including phenoxy) is 2. The fourth-order valence-electron chi connectivity index (χ4n) is 2.23. The van der Waals surface area contributed by atoms with Gasteiger partial charge in [-0.1, -0.05) is 0 Å². The smallest absolute Gasteiger partial charge is 0.122 e. The molecule has 1 aliphatic rings. The van der Waals surface area contributed by atoms with E-state index in [4.69, 9.17) is 9.47 Å². The summed E-state index contributed by atoms with van der Waals surface area (Å²) in [6, 6.07) is 5.82. The van der Waals surface area contributed by atoms with Crippen molar-refractivity contribution in [3.8, 4) is 11.5 Å². The summed E-state index contributed by atoms with van der Waals surface area (Å²) in [5.41, 5.74) is 1.15.